The van der Waals surface area contributed by atoms with Crippen molar-refractivity contribution in [2.24, 2.45) is 0 Å². The molecule has 0 aliphatic heterocycles. The summed E-state index contributed by atoms with van der Waals surface area (Å²) in [6.45, 7) is 0. The van der Waals surface area contributed by atoms with E-state index in [4.69, 9.17) is 5.11 Å². The molecular weight excluding hydrogens is 306 g/mol. The lowest BCUT2D eigenvalue weighted by molar-refractivity contribution is -0.148. The lowest BCUT2D eigenvalue weighted by Crippen LogP contribution is -2.17. The molecule has 0 unspecified atom stereocenters. The molecule has 0 saturated heterocycles. The average Bonchev–Trinajstić information content (AvgIpc) is 2.51. The first-order chi connectivity index (χ1) is 10.9. The zero-order valence-electron chi connectivity index (χ0n) is 11.9. The highest BCUT2D eigenvalue weighted by Gasteiger charge is 2.18. The van der Waals surface area contributed by atoms with Gasteiger partial charge in [-0.1, -0.05) is 24.3 Å². The molecule has 0 radical (unpaired) electrons. The minimum absolute atomic E-state index is 0.0630. The number of hydrogen-bond acceptors (Lipinski definition) is 3. The fourth-order valence-electron chi connectivity index (χ4n) is 2.08. The van der Waals surface area contributed by atoms with Gasteiger partial charge in [-0.25, -0.2) is 13.6 Å². The van der Waals surface area contributed by atoms with Gasteiger partial charge in [0.1, 0.15) is 11.6 Å². The molecule has 4 nitrogen and oxygen atoms in total. The number of hydrogen-bond donors (Lipinski definition) is 1. The number of aliphatic carboxylic acids is 1. The molecule has 0 atom stereocenters. The van der Waals surface area contributed by atoms with Crippen LogP contribution >= 0.6 is 0 Å². The second kappa shape index (κ2) is 6.91. The molecule has 0 fully saturated rings. The van der Waals surface area contributed by atoms with Crippen molar-refractivity contribution in [1.29, 1.82) is 0 Å². The van der Waals surface area contributed by atoms with Gasteiger partial charge in [0, 0.05) is 17.5 Å². The summed E-state index contributed by atoms with van der Waals surface area (Å²) in [7, 11) is 0. The Morgan fingerprint density at radius 2 is 1.57 bits per heavy atom. The largest absolute Gasteiger partial charge is 0.475 e. The highest BCUT2D eigenvalue weighted by Crippen LogP contribution is 2.18. The van der Waals surface area contributed by atoms with Gasteiger partial charge < -0.3 is 5.11 Å². The van der Waals surface area contributed by atoms with Crippen molar-refractivity contribution in [3.05, 3.63) is 70.8 Å². The summed E-state index contributed by atoms with van der Waals surface area (Å²) in [5.74, 6) is -4.93. The molecule has 118 valence electrons. The molecule has 2 aromatic rings. The molecule has 0 bridgehead atoms. The summed E-state index contributed by atoms with van der Waals surface area (Å²) in [6, 6.07) is 9.43. The zero-order chi connectivity index (χ0) is 17.0. The maximum Gasteiger partial charge on any atom is 0.372 e. The predicted molar refractivity (Wildman–Crippen MR) is 77.2 cm³/mol. The first-order valence-electron chi connectivity index (χ1n) is 6.69. The third-order valence-corrected chi connectivity index (χ3v) is 3.25. The van der Waals surface area contributed by atoms with Crippen LogP contribution in [0.25, 0.3) is 0 Å². The Labute approximate surface area is 130 Å². The van der Waals surface area contributed by atoms with Gasteiger partial charge in [-0.2, -0.15) is 0 Å². The van der Waals surface area contributed by atoms with Crippen LogP contribution in [0.3, 0.4) is 0 Å². The van der Waals surface area contributed by atoms with Gasteiger partial charge in [0.25, 0.3) is 0 Å². The van der Waals surface area contributed by atoms with Crippen molar-refractivity contribution in [1.82, 2.24) is 0 Å². The number of carbonyl (C=O) groups excluding carboxylic acids is 2. The lowest BCUT2D eigenvalue weighted by Gasteiger charge is -2.07. The number of benzene rings is 2. The van der Waals surface area contributed by atoms with E-state index in [1.807, 2.05) is 0 Å². The summed E-state index contributed by atoms with van der Waals surface area (Å²) < 4.78 is 27.3. The van der Waals surface area contributed by atoms with Crippen LogP contribution in [0.1, 0.15) is 27.9 Å². The Hall–Kier alpha value is -2.89. The number of carboxylic acids is 1. The van der Waals surface area contributed by atoms with E-state index in [1.165, 1.54) is 24.3 Å². The molecule has 0 aromatic heterocycles. The Morgan fingerprint density at radius 3 is 2.17 bits per heavy atom. The van der Waals surface area contributed by atoms with Crippen LogP contribution in [-0.4, -0.2) is 22.6 Å². The summed E-state index contributed by atoms with van der Waals surface area (Å²) in [5, 5.41) is 8.50. The minimum Gasteiger partial charge on any atom is -0.475 e. The first kappa shape index (κ1) is 16.5. The molecule has 0 spiro atoms. The van der Waals surface area contributed by atoms with Crippen LogP contribution in [0, 0.1) is 11.6 Å². The number of carboxylic acid groups (broad SMARTS) is 1. The molecule has 1 N–H and O–H groups in total. The second-order valence-corrected chi connectivity index (χ2v) is 4.91. The maximum atomic E-state index is 13.6. The predicted octanol–water partition coefficient (Wildman–Crippen LogP) is 2.78. The summed E-state index contributed by atoms with van der Waals surface area (Å²) >= 11 is 0. The summed E-state index contributed by atoms with van der Waals surface area (Å²) in [4.78, 5) is 33.4. The van der Waals surface area contributed by atoms with E-state index in [-0.39, 0.29) is 17.5 Å². The van der Waals surface area contributed by atoms with E-state index in [9.17, 15) is 23.2 Å². The van der Waals surface area contributed by atoms with Crippen LogP contribution in [0.2, 0.25) is 0 Å². The zero-order valence-corrected chi connectivity index (χ0v) is 11.9. The highest BCUT2D eigenvalue weighted by atomic mass is 19.1. The van der Waals surface area contributed by atoms with Crippen LogP contribution in [0.5, 0.6) is 0 Å². The number of Topliss-reactive ketones (excluding diaryl/α,β-unsaturated/α-hetero) is 2. The molecule has 23 heavy (non-hydrogen) atoms. The van der Waals surface area contributed by atoms with Gasteiger partial charge in [-0.3, -0.25) is 9.59 Å². The molecule has 2 rings (SSSR count). The van der Waals surface area contributed by atoms with Gasteiger partial charge in [-0.05, 0) is 23.8 Å². The van der Waals surface area contributed by atoms with Crippen molar-refractivity contribution >= 4 is 17.5 Å². The van der Waals surface area contributed by atoms with Crippen LogP contribution in [0.4, 0.5) is 8.78 Å². The molecule has 0 saturated carbocycles. The summed E-state index contributed by atoms with van der Waals surface area (Å²) in [5.41, 5.74) is 0.468. The van der Waals surface area contributed by atoms with Crippen molar-refractivity contribution in [2.45, 2.75) is 12.8 Å². The second-order valence-electron chi connectivity index (χ2n) is 4.91. The maximum absolute atomic E-state index is 13.6. The quantitative estimate of drug-likeness (QED) is 0.505. The molecule has 0 amide bonds. The van der Waals surface area contributed by atoms with Crippen LogP contribution in [-0.2, 0) is 16.0 Å². The third kappa shape index (κ3) is 4.06. The Kier molecular flexibility index (Phi) is 4.95. The Bertz CT molecular complexity index is 764. The lowest BCUT2D eigenvalue weighted by atomic mass is 9.99. The van der Waals surface area contributed by atoms with Crippen molar-refractivity contribution in [3.8, 4) is 0 Å². The third-order valence-electron chi connectivity index (χ3n) is 3.25. The van der Waals surface area contributed by atoms with Crippen LogP contribution < -0.4 is 0 Å². The van der Waals surface area contributed by atoms with E-state index >= 15 is 0 Å². The van der Waals surface area contributed by atoms with Crippen LogP contribution in [0.15, 0.2) is 42.5 Å². The number of halogens is 2. The molecule has 0 heterocycles. The van der Waals surface area contributed by atoms with Crippen molar-refractivity contribution < 1.29 is 28.3 Å². The highest BCUT2D eigenvalue weighted by molar-refractivity contribution is 6.37. The summed E-state index contributed by atoms with van der Waals surface area (Å²) in [6.07, 6.45) is -0.820. The molecule has 0 aliphatic carbocycles. The molecule has 0 aliphatic rings. The van der Waals surface area contributed by atoms with E-state index in [1.54, 1.807) is 6.07 Å². The molecular formula is C17H12F2O4. The first-order valence-corrected chi connectivity index (χ1v) is 6.69. The number of carbonyl (C=O) groups is 3. The normalized spacial score (nSPS) is 10.3. The average molecular weight is 318 g/mol. The topological polar surface area (TPSA) is 71.4 Å². The van der Waals surface area contributed by atoms with Gasteiger partial charge in [0.2, 0.25) is 5.78 Å². The fourth-order valence-corrected chi connectivity index (χ4v) is 2.08. The van der Waals surface area contributed by atoms with E-state index in [0.717, 1.165) is 12.1 Å². The van der Waals surface area contributed by atoms with Crippen molar-refractivity contribution in [3.63, 3.8) is 0 Å². The monoisotopic (exact) mass is 318 g/mol. The van der Waals surface area contributed by atoms with E-state index in [0.29, 0.717) is 5.56 Å². The van der Waals surface area contributed by atoms with Gasteiger partial charge >= 0.3 is 5.97 Å². The van der Waals surface area contributed by atoms with E-state index < -0.39 is 35.6 Å². The minimum atomic E-state index is -1.68. The van der Waals surface area contributed by atoms with Gasteiger partial charge in [0.15, 0.2) is 5.78 Å². The van der Waals surface area contributed by atoms with Gasteiger partial charge in [0.05, 0.1) is 6.42 Å². The Balaban J connectivity index is 2.22. The fraction of sp³-hybridized carbons (Fsp3) is 0.118. The smallest absolute Gasteiger partial charge is 0.372 e. The molecule has 6 heteroatoms. The van der Waals surface area contributed by atoms with E-state index in [2.05, 4.69) is 0 Å². The standard InChI is InChI=1S/C17H12F2O4/c18-13-5-2-6-14(19)12(13)8-10-3-1-4-11(7-10)15(20)9-16(21)17(22)23/h1-7H,8-9H2,(H,22,23). The number of ketones is 2. The molecule has 2 aromatic carbocycles. The van der Waals surface area contributed by atoms with Crippen molar-refractivity contribution in [2.75, 3.05) is 0 Å². The Morgan fingerprint density at radius 1 is 0.957 bits per heavy atom. The number of rotatable bonds is 6. The van der Waals surface area contributed by atoms with Gasteiger partial charge in [-0.15, -0.1) is 0 Å². The SMILES string of the molecule is O=C(O)C(=O)CC(=O)c1cccc(Cc2c(F)cccc2F)c1.